The van der Waals surface area contributed by atoms with Crippen LogP contribution in [0.25, 0.3) is 0 Å². The first-order valence-corrected chi connectivity index (χ1v) is 9.46. The van der Waals surface area contributed by atoms with Gasteiger partial charge < -0.3 is 15.2 Å². The van der Waals surface area contributed by atoms with E-state index in [1.54, 1.807) is 0 Å². The first kappa shape index (κ1) is 16.7. The van der Waals surface area contributed by atoms with Crippen LogP contribution in [0.2, 0.25) is 0 Å². The van der Waals surface area contributed by atoms with E-state index in [2.05, 4.69) is 48.1 Å². The lowest BCUT2D eigenvalue weighted by Gasteiger charge is -2.41. The number of aromatic hydroxyl groups is 1. The maximum Gasteiger partial charge on any atom is 0.134 e. The number of hydrogen-bond donors (Lipinski definition) is 2. The summed E-state index contributed by atoms with van der Waals surface area (Å²) in [5, 5.41) is 14.0. The molecule has 2 fully saturated rings. The number of nitrogens with zero attached hydrogens (tertiary/aromatic N) is 1. The van der Waals surface area contributed by atoms with E-state index in [-0.39, 0.29) is 6.04 Å². The standard InChI is InChI=1S/C16H22Br2N2O2/c17-12-9-13(16(21)14(18)10-12)15(11-1-7-22-8-2-11)20-5-3-19-4-6-20/h9-11,15,19,21H,1-8H2/t15-/m0/s1. The number of halogens is 2. The fourth-order valence-corrected chi connectivity index (χ4v) is 4.81. The lowest BCUT2D eigenvalue weighted by Crippen LogP contribution is -2.47. The highest BCUT2D eigenvalue weighted by Crippen LogP contribution is 2.43. The van der Waals surface area contributed by atoms with Crippen LogP contribution >= 0.6 is 31.9 Å². The molecule has 0 radical (unpaired) electrons. The maximum absolute atomic E-state index is 10.6. The predicted molar refractivity (Wildman–Crippen MR) is 94.2 cm³/mol. The van der Waals surface area contributed by atoms with Gasteiger partial charge in [0.25, 0.3) is 0 Å². The third-order valence-corrected chi connectivity index (χ3v) is 5.70. The van der Waals surface area contributed by atoms with E-state index >= 15 is 0 Å². The zero-order valence-electron chi connectivity index (χ0n) is 12.5. The fourth-order valence-electron chi connectivity index (χ4n) is 3.55. The van der Waals surface area contributed by atoms with Crippen molar-refractivity contribution in [3.8, 4) is 5.75 Å². The molecule has 1 atom stereocenters. The molecule has 4 nitrogen and oxygen atoms in total. The van der Waals surface area contributed by atoms with Crippen molar-refractivity contribution in [3.05, 3.63) is 26.6 Å². The van der Waals surface area contributed by atoms with Crippen LogP contribution < -0.4 is 5.32 Å². The molecule has 2 aliphatic heterocycles. The second-order valence-corrected chi connectivity index (χ2v) is 7.78. The van der Waals surface area contributed by atoms with E-state index in [0.717, 1.165) is 66.7 Å². The summed E-state index contributed by atoms with van der Waals surface area (Å²) < 4.78 is 7.29. The van der Waals surface area contributed by atoms with Gasteiger partial charge in [-0.1, -0.05) is 15.9 Å². The third-order valence-electron chi connectivity index (χ3n) is 4.63. The Labute approximate surface area is 148 Å². The van der Waals surface area contributed by atoms with Crippen molar-refractivity contribution in [1.29, 1.82) is 0 Å². The van der Waals surface area contributed by atoms with Gasteiger partial charge in [-0.25, -0.2) is 0 Å². The number of nitrogens with one attached hydrogen (secondary N) is 1. The van der Waals surface area contributed by atoms with E-state index in [1.165, 1.54) is 0 Å². The summed E-state index contributed by atoms with van der Waals surface area (Å²) in [5.74, 6) is 0.900. The van der Waals surface area contributed by atoms with Gasteiger partial charge in [0.1, 0.15) is 5.75 Å². The molecule has 2 saturated heterocycles. The van der Waals surface area contributed by atoms with Crippen molar-refractivity contribution in [2.45, 2.75) is 18.9 Å². The summed E-state index contributed by atoms with van der Waals surface area (Å²) in [7, 11) is 0. The lowest BCUT2D eigenvalue weighted by atomic mass is 9.85. The van der Waals surface area contributed by atoms with Crippen LogP contribution in [0.5, 0.6) is 5.75 Å². The minimum atomic E-state index is 0.250. The van der Waals surface area contributed by atoms with Crippen molar-refractivity contribution in [2.24, 2.45) is 5.92 Å². The number of benzene rings is 1. The van der Waals surface area contributed by atoms with Gasteiger partial charge in [-0.15, -0.1) is 0 Å². The van der Waals surface area contributed by atoms with E-state index in [9.17, 15) is 5.11 Å². The Morgan fingerprint density at radius 1 is 1.18 bits per heavy atom. The highest BCUT2D eigenvalue weighted by molar-refractivity contribution is 9.11. The topological polar surface area (TPSA) is 44.7 Å². The molecule has 2 aliphatic rings. The minimum Gasteiger partial charge on any atom is -0.506 e. The van der Waals surface area contributed by atoms with Crippen LogP contribution in [-0.4, -0.2) is 49.4 Å². The quantitative estimate of drug-likeness (QED) is 0.767. The number of piperazine rings is 1. The van der Waals surface area contributed by atoms with Crippen molar-refractivity contribution >= 4 is 31.9 Å². The molecule has 122 valence electrons. The van der Waals surface area contributed by atoms with Gasteiger partial charge in [-0.3, -0.25) is 4.90 Å². The average Bonchev–Trinajstić information content (AvgIpc) is 2.54. The molecule has 0 saturated carbocycles. The molecule has 1 aromatic carbocycles. The zero-order chi connectivity index (χ0) is 15.5. The molecule has 2 N–H and O–H groups in total. The van der Waals surface area contributed by atoms with E-state index < -0.39 is 0 Å². The summed E-state index contributed by atoms with van der Waals surface area (Å²) in [6.45, 7) is 5.70. The Morgan fingerprint density at radius 3 is 2.55 bits per heavy atom. The minimum absolute atomic E-state index is 0.250. The summed E-state index contributed by atoms with van der Waals surface area (Å²) in [6, 6.07) is 4.22. The van der Waals surface area contributed by atoms with Crippen molar-refractivity contribution in [2.75, 3.05) is 39.4 Å². The number of phenols is 1. The number of hydrogen-bond acceptors (Lipinski definition) is 4. The summed E-state index contributed by atoms with van der Waals surface area (Å²) in [5.41, 5.74) is 1.02. The maximum atomic E-state index is 10.6. The highest BCUT2D eigenvalue weighted by Gasteiger charge is 2.33. The molecule has 0 unspecified atom stereocenters. The Bertz CT molecular complexity index is 497. The molecule has 6 heteroatoms. The van der Waals surface area contributed by atoms with Crippen LogP contribution in [-0.2, 0) is 4.74 Å². The van der Waals surface area contributed by atoms with Gasteiger partial charge in [-0.05, 0) is 46.8 Å². The molecule has 0 amide bonds. The van der Waals surface area contributed by atoms with Crippen molar-refractivity contribution in [3.63, 3.8) is 0 Å². The zero-order valence-corrected chi connectivity index (χ0v) is 15.7. The molecule has 22 heavy (non-hydrogen) atoms. The molecular formula is C16H22Br2N2O2. The smallest absolute Gasteiger partial charge is 0.134 e. The first-order chi connectivity index (χ1) is 10.7. The first-order valence-electron chi connectivity index (χ1n) is 7.87. The summed E-state index contributed by atoms with van der Waals surface area (Å²) in [6.07, 6.45) is 2.11. The van der Waals surface area contributed by atoms with Gasteiger partial charge in [0.2, 0.25) is 0 Å². The monoisotopic (exact) mass is 432 g/mol. The third kappa shape index (κ3) is 3.67. The van der Waals surface area contributed by atoms with Crippen LogP contribution in [0.15, 0.2) is 21.1 Å². The van der Waals surface area contributed by atoms with Gasteiger partial charge in [-0.2, -0.15) is 0 Å². The predicted octanol–water partition coefficient (Wildman–Crippen LogP) is 3.29. The average molecular weight is 434 g/mol. The molecular weight excluding hydrogens is 412 g/mol. The molecule has 0 aromatic heterocycles. The van der Waals surface area contributed by atoms with Crippen LogP contribution in [0.4, 0.5) is 0 Å². The molecule has 1 aromatic rings. The lowest BCUT2D eigenvalue weighted by molar-refractivity contribution is 0.0206. The van der Waals surface area contributed by atoms with Gasteiger partial charge in [0.05, 0.1) is 4.47 Å². The number of rotatable bonds is 3. The van der Waals surface area contributed by atoms with Crippen LogP contribution in [0, 0.1) is 5.92 Å². The van der Waals surface area contributed by atoms with Gasteiger partial charge in [0.15, 0.2) is 0 Å². The largest absolute Gasteiger partial charge is 0.506 e. The van der Waals surface area contributed by atoms with E-state index in [4.69, 9.17) is 4.74 Å². The van der Waals surface area contributed by atoms with Crippen LogP contribution in [0.1, 0.15) is 24.4 Å². The van der Waals surface area contributed by atoms with E-state index in [1.807, 2.05) is 6.07 Å². The van der Waals surface area contributed by atoms with E-state index in [0.29, 0.717) is 11.7 Å². The summed E-state index contributed by atoms with van der Waals surface area (Å²) >= 11 is 7.04. The molecule has 0 spiro atoms. The van der Waals surface area contributed by atoms with Gasteiger partial charge in [0, 0.05) is 55.5 Å². The molecule has 3 rings (SSSR count). The molecule has 2 heterocycles. The summed E-state index contributed by atoms with van der Waals surface area (Å²) in [4.78, 5) is 2.51. The highest BCUT2D eigenvalue weighted by atomic mass is 79.9. The Kier molecular flexibility index (Phi) is 5.79. The second-order valence-electron chi connectivity index (χ2n) is 6.01. The SMILES string of the molecule is Oc1c(Br)cc(Br)cc1[C@H](C1CCOCC1)N1CCNCC1. The van der Waals surface area contributed by atoms with Crippen LogP contribution in [0.3, 0.4) is 0 Å². The molecule has 0 bridgehead atoms. The number of ether oxygens (including phenoxy) is 1. The normalized spacial score (nSPS) is 22.6. The Hall–Kier alpha value is -0.140. The van der Waals surface area contributed by atoms with Crippen molar-refractivity contribution < 1.29 is 9.84 Å². The Morgan fingerprint density at radius 2 is 1.86 bits per heavy atom. The second kappa shape index (κ2) is 7.62. The molecule has 0 aliphatic carbocycles. The number of phenolic OH excluding ortho intramolecular Hbond substituents is 1. The Balaban J connectivity index is 1.96. The fraction of sp³-hybridized carbons (Fsp3) is 0.625. The van der Waals surface area contributed by atoms with Crippen molar-refractivity contribution in [1.82, 2.24) is 10.2 Å². The van der Waals surface area contributed by atoms with Gasteiger partial charge >= 0.3 is 0 Å².